The van der Waals surface area contributed by atoms with Gasteiger partial charge in [0, 0.05) is 13.1 Å². The Labute approximate surface area is 142 Å². The van der Waals surface area contributed by atoms with E-state index in [0.29, 0.717) is 31.9 Å². The molecule has 1 aromatic carbocycles. The topological polar surface area (TPSA) is 72.9 Å². The third kappa shape index (κ3) is 3.96. The normalized spacial score (nSPS) is 20.7. The minimum atomic E-state index is -3.53. The van der Waals surface area contributed by atoms with Crippen LogP contribution in [0.4, 0.5) is 0 Å². The van der Waals surface area contributed by atoms with Crippen LogP contribution in [0, 0.1) is 0 Å². The van der Waals surface area contributed by atoms with Crippen molar-refractivity contribution < 1.29 is 22.7 Å². The van der Waals surface area contributed by atoms with Gasteiger partial charge in [0.2, 0.25) is 10.0 Å². The predicted molar refractivity (Wildman–Crippen MR) is 88.3 cm³/mol. The van der Waals surface area contributed by atoms with Crippen molar-refractivity contribution in [1.29, 1.82) is 0 Å². The summed E-state index contributed by atoms with van der Waals surface area (Å²) in [6.07, 6.45) is 5.19. The Kier molecular flexibility index (Phi) is 5.53. The summed E-state index contributed by atoms with van der Waals surface area (Å²) in [5.41, 5.74) is 0.390. The van der Waals surface area contributed by atoms with E-state index in [1.54, 1.807) is 0 Å². The lowest BCUT2D eigenvalue weighted by atomic mass is 9.98. The van der Waals surface area contributed by atoms with E-state index >= 15 is 0 Å². The quantitative estimate of drug-likeness (QED) is 0.776. The van der Waals surface area contributed by atoms with E-state index in [4.69, 9.17) is 9.47 Å². The van der Waals surface area contributed by atoms with Gasteiger partial charge in [0.1, 0.15) is 6.10 Å². The van der Waals surface area contributed by atoms with Gasteiger partial charge < -0.3 is 9.47 Å². The molecular weight excluding hydrogens is 330 g/mol. The number of morpholine rings is 1. The predicted octanol–water partition coefficient (Wildman–Crippen LogP) is 2.20. The summed E-state index contributed by atoms with van der Waals surface area (Å²) in [5.74, 6) is -0.378. The summed E-state index contributed by atoms with van der Waals surface area (Å²) in [6.45, 7) is 1.53. The molecule has 0 radical (unpaired) electrons. The van der Waals surface area contributed by atoms with E-state index in [9.17, 15) is 13.2 Å². The van der Waals surface area contributed by atoms with E-state index < -0.39 is 10.0 Å². The molecule has 0 amide bonds. The highest BCUT2D eigenvalue weighted by molar-refractivity contribution is 7.89. The van der Waals surface area contributed by atoms with Gasteiger partial charge in [-0.05, 0) is 49.9 Å². The number of sulfonamides is 1. The summed E-state index contributed by atoms with van der Waals surface area (Å²) in [4.78, 5) is 12.4. The third-order valence-corrected chi connectivity index (χ3v) is 6.44. The fourth-order valence-corrected chi connectivity index (χ4v) is 4.51. The second kappa shape index (κ2) is 7.63. The van der Waals surface area contributed by atoms with Crippen LogP contribution in [0.2, 0.25) is 0 Å². The molecule has 0 aromatic heterocycles. The number of rotatable bonds is 4. The highest BCUT2D eigenvalue weighted by Crippen LogP contribution is 2.22. The Bertz CT molecular complexity index is 659. The van der Waals surface area contributed by atoms with Gasteiger partial charge in [-0.2, -0.15) is 4.31 Å². The van der Waals surface area contributed by atoms with Crippen LogP contribution >= 0.6 is 0 Å². The molecule has 1 aromatic rings. The molecule has 0 atom stereocenters. The maximum Gasteiger partial charge on any atom is 0.338 e. The monoisotopic (exact) mass is 353 g/mol. The van der Waals surface area contributed by atoms with Crippen molar-refractivity contribution in [3.63, 3.8) is 0 Å². The van der Waals surface area contributed by atoms with Crippen LogP contribution in [0.15, 0.2) is 29.2 Å². The van der Waals surface area contributed by atoms with Crippen LogP contribution in [-0.2, 0) is 19.5 Å². The molecule has 2 fully saturated rings. The van der Waals surface area contributed by atoms with Crippen molar-refractivity contribution in [2.24, 2.45) is 0 Å². The summed E-state index contributed by atoms with van der Waals surface area (Å²) in [7, 11) is -3.53. The SMILES string of the molecule is O=C(OC1CCCCC1)c1ccc(S(=O)(=O)N2CCOCC2)cc1. The van der Waals surface area contributed by atoms with Gasteiger partial charge in [-0.1, -0.05) is 6.42 Å². The fourth-order valence-electron chi connectivity index (χ4n) is 3.10. The van der Waals surface area contributed by atoms with Crippen molar-refractivity contribution in [3.05, 3.63) is 29.8 Å². The van der Waals surface area contributed by atoms with E-state index in [1.165, 1.54) is 35.0 Å². The maximum atomic E-state index is 12.5. The largest absolute Gasteiger partial charge is 0.459 e. The molecule has 1 aliphatic heterocycles. The highest BCUT2D eigenvalue weighted by atomic mass is 32.2. The average molecular weight is 353 g/mol. The first-order valence-corrected chi connectivity index (χ1v) is 9.90. The molecule has 24 heavy (non-hydrogen) atoms. The molecule has 0 N–H and O–H groups in total. The smallest absolute Gasteiger partial charge is 0.338 e. The number of benzene rings is 1. The molecule has 2 aliphatic rings. The molecule has 1 saturated carbocycles. The maximum absolute atomic E-state index is 12.5. The lowest BCUT2D eigenvalue weighted by Gasteiger charge is -2.26. The van der Waals surface area contributed by atoms with Gasteiger partial charge in [0.25, 0.3) is 0 Å². The molecular formula is C17H23NO5S. The molecule has 6 nitrogen and oxygen atoms in total. The molecule has 7 heteroatoms. The lowest BCUT2D eigenvalue weighted by molar-refractivity contribution is 0.0211. The van der Waals surface area contributed by atoms with Crippen molar-refractivity contribution in [1.82, 2.24) is 4.31 Å². The Balaban J connectivity index is 1.67. The van der Waals surface area contributed by atoms with Crippen LogP contribution in [-0.4, -0.2) is 51.1 Å². The van der Waals surface area contributed by atoms with Gasteiger partial charge in [-0.15, -0.1) is 0 Å². The first-order valence-electron chi connectivity index (χ1n) is 8.46. The van der Waals surface area contributed by atoms with Gasteiger partial charge in [0.15, 0.2) is 0 Å². The molecule has 3 rings (SSSR count). The van der Waals surface area contributed by atoms with Gasteiger partial charge in [-0.25, -0.2) is 13.2 Å². The summed E-state index contributed by atoms with van der Waals surface area (Å²) in [6, 6.07) is 6.00. The lowest BCUT2D eigenvalue weighted by Crippen LogP contribution is -2.40. The van der Waals surface area contributed by atoms with Gasteiger partial charge >= 0.3 is 5.97 Å². The standard InChI is InChI=1S/C17H23NO5S/c19-17(23-15-4-2-1-3-5-15)14-6-8-16(9-7-14)24(20,21)18-10-12-22-13-11-18/h6-9,15H,1-5,10-13H2. The summed E-state index contributed by atoms with van der Waals surface area (Å²) < 4.78 is 37.2. The molecule has 0 unspecified atom stereocenters. The molecule has 1 heterocycles. The van der Waals surface area contributed by atoms with Crippen LogP contribution < -0.4 is 0 Å². The van der Waals surface area contributed by atoms with E-state index in [-0.39, 0.29) is 17.0 Å². The molecule has 1 saturated heterocycles. The van der Waals surface area contributed by atoms with Crippen LogP contribution in [0.3, 0.4) is 0 Å². The first kappa shape index (κ1) is 17.4. The number of esters is 1. The van der Waals surface area contributed by atoms with Crippen molar-refractivity contribution in [3.8, 4) is 0 Å². The Morgan fingerprint density at radius 3 is 2.29 bits per heavy atom. The molecule has 132 valence electrons. The number of hydrogen-bond acceptors (Lipinski definition) is 5. The minimum absolute atomic E-state index is 0.0111. The van der Waals surface area contributed by atoms with Crippen molar-refractivity contribution >= 4 is 16.0 Å². The minimum Gasteiger partial charge on any atom is -0.459 e. The number of hydrogen-bond donors (Lipinski definition) is 0. The Hall–Kier alpha value is -1.44. The van der Waals surface area contributed by atoms with Gasteiger partial charge in [0.05, 0.1) is 23.7 Å². The van der Waals surface area contributed by atoms with E-state index in [2.05, 4.69) is 0 Å². The summed E-state index contributed by atoms with van der Waals surface area (Å²) in [5, 5.41) is 0. The second-order valence-corrected chi connectivity index (χ2v) is 8.14. The van der Waals surface area contributed by atoms with E-state index in [0.717, 1.165) is 25.7 Å². The van der Waals surface area contributed by atoms with Crippen molar-refractivity contribution in [2.75, 3.05) is 26.3 Å². The number of nitrogens with zero attached hydrogens (tertiary/aromatic N) is 1. The average Bonchev–Trinajstić information content (AvgIpc) is 2.63. The summed E-state index contributed by atoms with van der Waals surface area (Å²) >= 11 is 0. The molecule has 0 bridgehead atoms. The third-order valence-electron chi connectivity index (χ3n) is 4.52. The Morgan fingerprint density at radius 2 is 1.67 bits per heavy atom. The van der Waals surface area contributed by atoms with Crippen LogP contribution in [0.1, 0.15) is 42.5 Å². The van der Waals surface area contributed by atoms with Crippen LogP contribution in [0.5, 0.6) is 0 Å². The molecule has 0 spiro atoms. The fraction of sp³-hybridized carbons (Fsp3) is 0.588. The number of ether oxygens (including phenoxy) is 2. The van der Waals surface area contributed by atoms with Crippen LogP contribution in [0.25, 0.3) is 0 Å². The zero-order valence-corrected chi connectivity index (χ0v) is 14.5. The van der Waals surface area contributed by atoms with Gasteiger partial charge in [-0.3, -0.25) is 0 Å². The molecule has 1 aliphatic carbocycles. The zero-order valence-electron chi connectivity index (χ0n) is 13.6. The zero-order chi connectivity index (χ0) is 17.0. The number of carbonyl (C=O) groups excluding carboxylic acids is 1. The first-order chi connectivity index (χ1) is 11.6. The van der Waals surface area contributed by atoms with E-state index in [1.807, 2.05) is 0 Å². The number of carbonyl (C=O) groups is 1. The Morgan fingerprint density at radius 1 is 1.04 bits per heavy atom. The second-order valence-electron chi connectivity index (χ2n) is 6.21. The highest BCUT2D eigenvalue weighted by Gasteiger charge is 2.26. The van der Waals surface area contributed by atoms with Crippen molar-refractivity contribution in [2.45, 2.75) is 43.1 Å².